The molecule has 216 valence electrons. The fourth-order valence-electron chi connectivity index (χ4n) is 8.29. The van der Waals surface area contributed by atoms with Gasteiger partial charge >= 0.3 is 0 Å². The SMILES string of the molecule is Cc1ccc2c(-c3ccc4c(c3)N(C)c3ccccc3C4)c3ccccc3c(-c3ccc4c(c3)-c3ccccc3C4(C)C)c2c1. The lowest BCUT2D eigenvalue weighted by molar-refractivity contribution is 0.660. The molecule has 0 amide bonds. The summed E-state index contributed by atoms with van der Waals surface area (Å²) in [6, 6.07) is 48.1. The van der Waals surface area contributed by atoms with Crippen LogP contribution in [0, 0.1) is 6.92 Å². The first-order valence-corrected chi connectivity index (χ1v) is 16.0. The number of fused-ring (bicyclic) bond motifs is 7. The second kappa shape index (κ2) is 9.43. The molecule has 1 heterocycles. The van der Waals surface area contributed by atoms with E-state index in [0.29, 0.717) is 0 Å². The van der Waals surface area contributed by atoms with Gasteiger partial charge in [-0.05, 0) is 102 Å². The van der Waals surface area contributed by atoms with Gasteiger partial charge in [-0.15, -0.1) is 0 Å². The lowest BCUT2D eigenvalue weighted by atomic mass is 9.81. The van der Waals surface area contributed by atoms with E-state index in [4.69, 9.17) is 0 Å². The Morgan fingerprint density at radius 1 is 0.511 bits per heavy atom. The number of rotatable bonds is 2. The average molecular weight is 578 g/mol. The topological polar surface area (TPSA) is 3.24 Å². The van der Waals surface area contributed by atoms with E-state index >= 15 is 0 Å². The molecular weight excluding hydrogens is 542 g/mol. The van der Waals surface area contributed by atoms with Gasteiger partial charge < -0.3 is 4.90 Å². The molecule has 0 N–H and O–H groups in total. The summed E-state index contributed by atoms with van der Waals surface area (Å²) in [5, 5.41) is 5.20. The number of aryl methyl sites for hydroxylation is 1. The maximum absolute atomic E-state index is 2.46. The van der Waals surface area contributed by atoms with Gasteiger partial charge in [-0.2, -0.15) is 0 Å². The minimum Gasteiger partial charge on any atom is -0.344 e. The summed E-state index contributed by atoms with van der Waals surface area (Å²) in [6.45, 7) is 6.93. The van der Waals surface area contributed by atoms with Gasteiger partial charge in [-0.3, -0.25) is 0 Å². The highest BCUT2D eigenvalue weighted by Crippen LogP contribution is 2.51. The predicted octanol–water partition coefficient (Wildman–Crippen LogP) is 11.6. The Labute approximate surface area is 265 Å². The Balaban J connectivity index is 1.31. The lowest BCUT2D eigenvalue weighted by Crippen LogP contribution is -2.18. The van der Waals surface area contributed by atoms with E-state index in [0.717, 1.165) is 6.42 Å². The van der Waals surface area contributed by atoms with Crippen molar-refractivity contribution in [3.8, 4) is 33.4 Å². The van der Waals surface area contributed by atoms with E-state index in [1.807, 2.05) is 0 Å². The van der Waals surface area contributed by atoms with Gasteiger partial charge in [0.05, 0.1) is 0 Å². The van der Waals surface area contributed by atoms with Crippen molar-refractivity contribution in [1.29, 1.82) is 0 Å². The van der Waals surface area contributed by atoms with Gasteiger partial charge in [0.15, 0.2) is 0 Å². The van der Waals surface area contributed by atoms with E-state index in [1.165, 1.54) is 94.1 Å². The third kappa shape index (κ3) is 3.74. The normalized spacial score (nSPS) is 14.3. The summed E-state index contributed by atoms with van der Waals surface area (Å²) in [4.78, 5) is 2.37. The van der Waals surface area contributed by atoms with Crippen LogP contribution in [0.2, 0.25) is 0 Å². The standard InChI is InChI=1S/C44H35N/c1-27-17-21-35-37(23-27)43(30-20-22-39-36(25-30)32-12-8-9-15-38(32)44(39,2)3)34-14-7-6-13-33(34)42(35)31-19-18-29-24-28-11-5-10-16-40(28)45(4)41(29)26-31/h5-23,25-26H,24H2,1-4H3. The number of para-hydroxylation sites is 1. The third-order valence-corrected chi connectivity index (χ3v) is 10.5. The minimum atomic E-state index is -0.00480. The molecule has 0 saturated heterocycles. The quantitative estimate of drug-likeness (QED) is 0.185. The van der Waals surface area contributed by atoms with E-state index in [2.05, 4.69) is 160 Å². The zero-order valence-electron chi connectivity index (χ0n) is 26.3. The van der Waals surface area contributed by atoms with Crippen LogP contribution in [0.4, 0.5) is 11.4 Å². The van der Waals surface area contributed by atoms with Gasteiger partial charge in [-0.25, -0.2) is 0 Å². The summed E-state index contributed by atoms with van der Waals surface area (Å²) >= 11 is 0. The van der Waals surface area contributed by atoms with E-state index in [1.54, 1.807) is 0 Å². The van der Waals surface area contributed by atoms with Crippen LogP contribution in [0.15, 0.2) is 127 Å². The van der Waals surface area contributed by atoms with Crippen molar-refractivity contribution in [3.63, 3.8) is 0 Å². The van der Waals surface area contributed by atoms with Crippen LogP contribution in [0.1, 0.15) is 41.7 Å². The zero-order chi connectivity index (χ0) is 30.4. The molecule has 0 unspecified atom stereocenters. The highest BCUT2D eigenvalue weighted by Gasteiger charge is 2.35. The van der Waals surface area contributed by atoms with Crippen LogP contribution < -0.4 is 4.90 Å². The zero-order valence-corrected chi connectivity index (χ0v) is 26.3. The molecule has 7 aromatic rings. The Kier molecular flexibility index (Phi) is 5.51. The van der Waals surface area contributed by atoms with Crippen molar-refractivity contribution in [2.24, 2.45) is 0 Å². The highest BCUT2D eigenvalue weighted by atomic mass is 15.1. The van der Waals surface area contributed by atoms with Crippen LogP contribution in [-0.2, 0) is 11.8 Å². The molecule has 0 radical (unpaired) electrons. The van der Waals surface area contributed by atoms with Crippen molar-refractivity contribution in [3.05, 3.63) is 155 Å². The van der Waals surface area contributed by atoms with E-state index < -0.39 is 0 Å². The maximum Gasteiger partial charge on any atom is 0.0450 e. The van der Waals surface area contributed by atoms with Crippen molar-refractivity contribution in [1.82, 2.24) is 0 Å². The van der Waals surface area contributed by atoms with Crippen molar-refractivity contribution >= 4 is 32.9 Å². The molecule has 1 aliphatic carbocycles. The lowest BCUT2D eigenvalue weighted by Gasteiger charge is -2.31. The molecule has 1 heteroatoms. The molecule has 0 saturated carbocycles. The number of nitrogens with zero attached hydrogens (tertiary/aromatic N) is 1. The second-order valence-electron chi connectivity index (χ2n) is 13.5. The smallest absolute Gasteiger partial charge is 0.0450 e. The minimum absolute atomic E-state index is 0.00480. The Morgan fingerprint density at radius 3 is 1.98 bits per heavy atom. The number of hydrogen-bond donors (Lipinski definition) is 0. The second-order valence-corrected chi connectivity index (χ2v) is 13.5. The molecule has 0 bridgehead atoms. The van der Waals surface area contributed by atoms with Gasteiger partial charge in [0, 0.05) is 30.3 Å². The Bertz CT molecular complexity index is 2360. The Hall–Kier alpha value is -5.14. The molecule has 7 aromatic carbocycles. The van der Waals surface area contributed by atoms with Crippen molar-refractivity contribution in [2.75, 3.05) is 11.9 Å². The summed E-state index contributed by atoms with van der Waals surface area (Å²) in [5.74, 6) is 0. The van der Waals surface area contributed by atoms with Crippen molar-refractivity contribution in [2.45, 2.75) is 32.6 Å². The molecule has 9 rings (SSSR count). The summed E-state index contributed by atoms with van der Waals surface area (Å²) in [6.07, 6.45) is 0.966. The number of hydrogen-bond acceptors (Lipinski definition) is 1. The van der Waals surface area contributed by atoms with Crippen LogP contribution >= 0.6 is 0 Å². The van der Waals surface area contributed by atoms with Crippen LogP contribution in [0.5, 0.6) is 0 Å². The first-order valence-electron chi connectivity index (χ1n) is 16.0. The summed E-state index contributed by atoms with van der Waals surface area (Å²) in [7, 11) is 2.20. The van der Waals surface area contributed by atoms with Gasteiger partial charge in [0.25, 0.3) is 0 Å². The first kappa shape index (κ1) is 26.3. The molecule has 2 aliphatic rings. The molecule has 0 aromatic heterocycles. The number of anilines is 2. The first-order chi connectivity index (χ1) is 21.9. The Morgan fingerprint density at radius 2 is 1.13 bits per heavy atom. The predicted molar refractivity (Wildman–Crippen MR) is 192 cm³/mol. The monoisotopic (exact) mass is 577 g/mol. The molecule has 45 heavy (non-hydrogen) atoms. The van der Waals surface area contributed by atoms with Crippen LogP contribution in [0.25, 0.3) is 54.9 Å². The fraction of sp³-hybridized carbons (Fsp3) is 0.136. The maximum atomic E-state index is 2.46. The molecule has 1 nitrogen and oxygen atoms in total. The van der Waals surface area contributed by atoms with Crippen LogP contribution in [0.3, 0.4) is 0 Å². The van der Waals surface area contributed by atoms with E-state index in [9.17, 15) is 0 Å². The molecule has 0 fully saturated rings. The van der Waals surface area contributed by atoms with Gasteiger partial charge in [0.1, 0.15) is 0 Å². The molecule has 0 spiro atoms. The average Bonchev–Trinajstić information content (AvgIpc) is 3.29. The van der Waals surface area contributed by atoms with E-state index in [-0.39, 0.29) is 5.41 Å². The summed E-state index contributed by atoms with van der Waals surface area (Å²) in [5.41, 5.74) is 17.3. The number of benzene rings is 7. The largest absolute Gasteiger partial charge is 0.344 e. The van der Waals surface area contributed by atoms with Crippen molar-refractivity contribution < 1.29 is 0 Å². The molecular formula is C44H35N. The van der Waals surface area contributed by atoms with Gasteiger partial charge in [-0.1, -0.05) is 129 Å². The molecule has 1 aliphatic heterocycles. The fourth-order valence-corrected chi connectivity index (χ4v) is 8.29. The third-order valence-electron chi connectivity index (χ3n) is 10.5. The highest BCUT2D eigenvalue weighted by molar-refractivity contribution is 6.21. The van der Waals surface area contributed by atoms with Crippen LogP contribution in [-0.4, -0.2) is 7.05 Å². The molecule has 0 atom stereocenters. The summed E-state index contributed by atoms with van der Waals surface area (Å²) < 4.78 is 0. The van der Waals surface area contributed by atoms with Gasteiger partial charge in [0.2, 0.25) is 0 Å².